The van der Waals surface area contributed by atoms with E-state index in [2.05, 4.69) is 15.4 Å². The van der Waals surface area contributed by atoms with Crippen molar-refractivity contribution in [1.29, 1.82) is 0 Å². The summed E-state index contributed by atoms with van der Waals surface area (Å²) in [5.74, 6) is 3.47. The highest BCUT2D eigenvalue weighted by molar-refractivity contribution is 6.00. The lowest BCUT2D eigenvalue weighted by molar-refractivity contribution is -0.116. The summed E-state index contributed by atoms with van der Waals surface area (Å²) in [6.07, 6.45) is 2.34. The van der Waals surface area contributed by atoms with Crippen LogP contribution in [0.4, 0.5) is 5.95 Å². The molecule has 0 fully saturated rings. The smallest absolute Gasteiger partial charge is 0.226 e. The topological polar surface area (TPSA) is 115 Å². The summed E-state index contributed by atoms with van der Waals surface area (Å²) >= 11 is 0. The molecule has 2 aliphatic rings. The normalized spacial score (nSPS) is 18.2. The number of hydrogen-bond donors (Lipinski definition) is 1. The van der Waals surface area contributed by atoms with Gasteiger partial charge >= 0.3 is 0 Å². The lowest BCUT2D eigenvalue weighted by atomic mass is 9.77. The molecule has 200 valence electrons. The Hall–Kier alpha value is -4.41. The molecule has 1 N–H and O–H groups in total. The first-order valence-electron chi connectivity index (χ1n) is 12.0. The Bertz CT molecular complexity index is 1360. The molecule has 0 radical (unpaired) electrons. The zero-order valence-corrected chi connectivity index (χ0v) is 22.2. The number of carbonyl (C=O) groups is 1. The van der Waals surface area contributed by atoms with Crippen molar-refractivity contribution in [2.75, 3.05) is 48.0 Å². The molecule has 11 nitrogen and oxygen atoms in total. The first kappa shape index (κ1) is 25.2. The highest BCUT2D eigenvalue weighted by Gasteiger charge is 2.40. The van der Waals surface area contributed by atoms with Crippen LogP contribution in [0.3, 0.4) is 0 Å². The van der Waals surface area contributed by atoms with E-state index in [1.54, 1.807) is 47.3 Å². The minimum Gasteiger partial charge on any atom is -0.493 e. The molecule has 0 bridgehead atoms. The molecule has 11 heteroatoms. The van der Waals surface area contributed by atoms with E-state index in [1.165, 1.54) is 6.33 Å². The van der Waals surface area contributed by atoms with Crippen LogP contribution >= 0.6 is 0 Å². The fourth-order valence-electron chi connectivity index (χ4n) is 5.29. The van der Waals surface area contributed by atoms with Crippen molar-refractivity contribution in [3.8, 4) is 34.5 Å². The van der Waals surface area contributed by atoms with Gasteiger partial charge in [-0.05, 0) is 47.7 Å². The minimum atomic E-state index is -0.522. The summed E-state index contributed by atoms with van der Waals surface area (Å²) < 4.78 is 34.9. The number of Topliss-reactive ketones (excluding diaryl/α,β-unsaturated/α-hetero) is 1. The Labute approximate surface area is 220 Å². The van der Waals surface area contributed by atoms with Gasteiger partial charge < -0.3 is 33.7 Å². The minimum absolute atomic E-state index is 0.00240. The number of carbonyl (C=O) groups excluding carboxylic acids is 1. The maximum absolute atomic E-state index is 13.9. The average Bonchev–Trinajstić information content (AvgIpc) is 3.42. The molecule has 1 aliphatic carbocycles. The molecule has 2 atom stereocenters. The van der Waals surface area contributed by atoms with Crippen molar-refractivity contribution in [2.24, 2.45) is 0 Å². The van der Waals surface area contributed by atoms with Crippen LogP contribution in [0.5, 0.6) is 34.5 Å². The molecular weight excluding hydrogens is 492 g/mol. The molecule has 2 heterocycles. The van der Waals surface area contributed by atoms with Crippen LogP contribution in [-0.2, 0) is 4.79 Å². The molecule has 2 aromatic carbocycles. The molecule has 0 amide bonds. The highest BCUT2D eigenvalue weighted by atomic mass is 16.5. The number of nitrogens with one attached hydrogen (secondary N) is 1. The van der Waals surface area contributed by atoms with Gasteiger partial charge in [0.05, 0.1) is 42.7 Å². The maximum Gasteiger partial charge on any atom is 0.226 e. The Morgan fingerprint density at radius 2 is 1.29 bits per heavy atom. The first-order chi connectivity index (χ1) is 18.5. The van der Waals surface area contributed by atoms with Crippen LogP contribution in [0, 0.1) is 0 Å². The lowest BCUT2D eigenvalue weighted by Crippen LogP contribution is -2.33. The molecule has 0 saturated heterocycles. The molecule has 1 aromatic heterocycles. The maximum atomic E-state index is 13.9. The summed E-state index contributed by atoms with van der Waals surface area (Å²) in [6.45, 7) is 0. The molecule has 0 spiro atoms. The number of rotatable bonds is 8. The van der Waals surface area contributed by atoms with Gasteiger partial charge in [0.1, 0.15) is 12.4 Å². The zero-order chi connectivity index (χ0) is 27.0. The van der Waals surface area contributed by atoms with Crippen molar-refractivity contribution in [2.45, 2.75) is 24.8 Å². The Balaban J connectivity index is 1.61. The number of aromatic nitrogens is 3. The van der Waals surface area contributed by atoms with E-state index in [1.807, 2.05) is 24.3 Å². The van der Waals surface area contributed by atoms with Gasteiger partial charge in [-0.3, -0.25) is 4.79 Å². The summed E-state index contributed by atoms with van der Waals surface area (Å²) in [5, 5.41) is 7.77. The molecule has 0 unspecified atom stereocenters. The van der Waals surface area contributed by atoms with Crippen molar-refractivity contribution < 1.29 is 33.2 Å². The Morgan fingerprint density at radius 1 is 0.763 bits per heavy atom. The van der Waals surface area contributed by atoms with Crippen molar-refractivity contribution >= 4 is 11.7 Å². The van der Waals surface area contributed by atoms with Gasteiger partial charge in [-0.25, -0.2) is 4.68 Å². The number of fused-ring (bicyclic) bond motifs is 1. The van der Waals surface area contributed by atoms with Gasteiger partial charge in [0.15, 0.2) is 28.8 Å². The van der Waals surface area contributed by atoms with Gasteiger partial charge in [-0.15, -0.1) is 0 Å². The van der Waals surface area contributed by atoms with Crippen LogP contribution in [0.25, 0.3) is 0 Å². The third-order valence-electron chi connectivity index (χ3n) is 7.02. The van der Waals surface area contributed by atoms with Gasteiger partial charge in [-0.1, -0.05) is 0 Å². The van der Waals surface area contributed by atoms with E-state index in [-0.39, 0.29) is 11.7 Å². The fourth-order valence-corrected chi connectivity index (χ4v) is 5.29. The summed E-state index contributed by atoms with van der Waals surface area (Å²) in [6, 6.07) is 6.95. The van der Waals surface area contributed by atoms with E-state index < -0.39 is 6.04 Å². The largest absolute Gasteiger partial charge is 0.493 e. The Morgan fingerprint density at radius 3 is 1.79 bits per heavy atom. The molecule has 3 aromatic rings. The quantitative estimate of drug-likeness (QED) is 0.469. The van der Waals surface area contributed by atoms with E-state index in [0.717, 1.165) is 16.8 Å². The summed E-state index contributed by atoms with van der Waals surface area (Å²) in [5.41, 5.74) is 3.10. The van der Waals surface area contributed by atoms with Crippen LogP contribution in [0.2, 0.25) is 0 Å². The van der Waals surface area contributed by atoms with Crippen molar-refractivity contribution in [3.05, 3.63) is 53.0 Å². The monoisotopic (exact) mass is 522 g/mol. The third kappa shape index (κ3) is 4.04. The molecular formula is C27H30N4O7. The Kier molecular flexibility index (Phi) is 6.75. The predicted octanol–water partition coefficient (Wildman–Crippen LogP) is 3.75. The number of nitrogens with zero attached hydrogens (tertiary/aromatic N) is 3. The zero-order valence-electron chi connectivity index (χ0n) is 22.2. The third-order valence-corrected chi connectivity index (χ3v) is 7.02. The number of hydrogen-bond acceptors (Lipinski definition) is 10. The SMILES string of the molecule is COc1cc([C@@H]2CC(=O)C3=C(C2)Nc2ncnn2[C@@H]3c2cc(OC)c(OC)c(OC)c2)cc(OC)c1OC. The van der Waals surface area contributed by atoms with Gasteiger partial charge in [0, 0.05) is 17.7 Å². The first-order valence-corrected chi connectivity index (χ1v) is 12.0. The molecule has 0 saturated carbocycles. The van der Waals surface area contributed by atoms with Crippen LogP contribution < -0.4 is 33.7 Å². The number of anilines is 1. The molecule has 1 aliphatic heterocycles. The highest BCUT2D eigenvalue weighted by Crippen LogP contribution is 2.49. The van der Waals surface area contributed by atoms with E-state index >= 15 is 0 Å². The van der Waals surface area contributed by atoms with E-state index in [9.17, 15) is 4.79 Å². The lowest BCUT2D eigenvalue weighted by Gasteiger charge is -2.35. The second kappa shape index (κ2) is 10.2. The number of benzene rings is 2. The number of ether oxygens (including phenoxy) is 6. The second-order valence-electron chi connectivity index (χ2n) is 8.89. The van der Waals surface area contributed by atoms with Gasteiger partial charge in [0.25, 0.3) is 0 Å². The molecule has 5 rings (SSSR count). The number of allylic oxidation sites excluding steroid dienone is 2. The van der Waals surface area contributed by atoms with Gasteiger partial charge in [0.2, 0.25) is 17.4 Å². The fraction of sp³-hybridized carbons (Fsp3) is 0.370. The van der Waals surface area contributed by atoms with Gasteiger partial charge in [-0.2, -0.15) is 10.1 Å². The summed E-state index contributed by atoms with van der Waals surface area (Å²) in [4.78, 5) is 18.3. The number of ketones is 1. The van der Waals surface area contributed by atoms with Crippen molar-refractivity contribution in [3.63, 3.8) is 0 Å². The van der Waals surface area contributed by atoms with Crippen LogP contribution in [0.1, 0.15) is 35.9 Å². The van der Waals surface area contributed by atoms with Crippen LogP contribution in [-0.4, -0.2) is 63.2 Å². The van der Waals surface area contributed by atoms with Crippen LogP contribution in [0.15, 0.2) is 41.9 Å². The number of methoxy groups -OCH3 is 6. The second-order valence-corrected chi connectivity index (χ2v) is 8.89. The van der Waals surface area contributed by atoms with Crippen molar-refractivity contribution in [1.82, 2.24) is 14.8 Å². The predicted molar refractivity (Wildman–Crippen MR) is 138 cm³/mol. The van der Waals surface area contributed by atoms with E-state index in [0.29, 0.717) is 58.9 Å². The summed E-state index contributed by atoms with van der Waals surface area (Å²) in [7, 11) is 9.38. The molecule has 38 heavy (non-hydrogen) atoms. The average molecular weight is 523 g/mol. The van der Waals surface area contributed by atoms with E-state index in [4.69, 9.17) is 28.4 Å². The standard InChI is InChI=1S/C27H30N4O7/c1-33-19-9-15(10-20(34-2)25(19)37-5)14-7-17-23(18(32)8-14)24(31-27(30-17)28-13-29-31)16-11-21(35-3)26(38-6)22(12-16)36-4/h9-14,24H,7-8H2,1-6H3,(H,28,29,30)/t14-,24+/m0/s1.